The van der Waals surface area contributed by atoms with Crippen LogP contribution in [-0.2, 0) is 0 Å². The van der Waals surface area contributed by atoms with E-state index in [1.54, 1.807) is 6.26 Å². The molecule has 1 atom stereocenters. The first-order valence-corrected chi connectivity index (χ1v) is 10.6. The first-order valence-electron chi connectivity index (χ1n) is 10.6. The van der Waals surface area contributed by atoms with Gasteiger partial charge in [-0.1, -0.05) is 5.57 Å². The van der Waals surface area contributed by atoms with Gasteiger partial charge < -0.3 is 14.4 Å². The Balaban J connectivity index is 1.55. The standard InChI is InChI=1S/C22H37N3O2/c1-18(2)24-9-6-20(7-10-24)25-12-11-23(17-21(25)8-13-26)16-19(3)15-22-5-4-14-27-22/h4-5,14-15,18,20-21,26H,6-13,16-17H2,1-3H3/b19-15+/t21-/m0/s1. The highest BCUT2D eigenvalue weighted by molar-refractivity contribution is 5.46. The van der Waals surface area contributed by atoms with Crippen LogP contribution in [-0.4, -0.2) is 83.8 Å². The molecular formula is C22H37N3O2. The van der Waals surface area contributed by atoms with Crippen molar-refractivity contribution in [1.29, 1.82) is 0 Å². The maximum absolute atomic E-state index is 9.61. The van der Waals surface area contributed by atoms with Gasteiger partial charge in [0.05, 0.1) is 6.26 Å². The third-order valence-corrected chi connectivity index (χ3v) is 6.18. The Bertz CT molecular complexity index is 576. The molecule has 0 bridgehead atoms. The van der Waals surface area contributed by atoms with Crippen LogP contribution in [0.2, 0.25) is 0 Å². The van der Waals surface area contributed by atoms with Crippen molar-refractivity contribution in [3.8, 4) is 0 Å². The summed E-state index contributed by atoms with van der Waals surface area (Å²) < 4.78 is 5.43. The van der Waals surface area contributed by atoms with Crippen molar-refractivity contribution in [2.45, 2.75) is 58.2 Å². The van der Waals surface area contributed by atoms with Crippen molar-refractivity contribution in [2.24, 2.45) is 0 Å². The van der Waals surface area contributed by atoms with Gasteiger partial charge in [0.15, 0.2) is 0 Å². The van der Waals surface area contributed by atoms with Crippen LogP contribution in [0.1, 0.15) is 45.8 Å². The van der Waals surface area contributed by atoms with Gasteiger partial charge in [-0.2, -0.15) is 0 Å². The molecule has 2 saturated heterocycles. The van der Waals surface area contributed by atoms with Gasteiger partial charge in [-0.15, -0.1) is 0 Å². The lowest BCUT2D eigenvalue weighted by Gasteiger charge is -2.48. The number of aliphatic hydroxyl groups is 1. The van der Waals surface area contributed by atoms with E-state index in [1.807, 2.05) is 12.1 Å². The van der Waals surface area contributed by atoms with E-state index in [2.05, 4.69) is 41.5 Å². The SMILES string of the molecule is C/C(=C\c1ccco1)CN1CCN(C2CCN(C(C)C)CC2)[C@@H](CCO)C1. The Labute approximate surface area is 164 Å². The maximum Gasteiger partial charge on any atom is 0.126 e. The summed E-state index contributed by atoms with van der Waals surface area (Å²) in [6.45, 7) is 13.7. The summed E-state index contributed by atoms with van der Waals surface area (Å²) >= 11 is 0. The molecule has 1 aromatic heterocycles. The number of hydrogen-bond acceptors (Lipinski definition) is 5. The van der Waals surface area contributed by atoms with E-state index in [-0.39, 0.29) is 6.61 Å². The second-order valence-corrected chi connectivity index (χ2v) is 8.51. The van der Waals surface area contributed by atoms with Gasteiger partial charge in [-0.3, -0.25) is 9.80 Å². The number of likely N-dealkylation sites (tertiary alicyclic amines) is 1. The quantitative estimate of drug-likeness (QED) is 0.794. The minimum atomic E-state index is 0.279. The molecule has 3 heterocycles. The van der Waals surface area contributed by atoms with Gasteiger partial charge in [0.1, 0.15) is 5.76 Å². The number of rotatable bonds is 7. The lowest BCUT2D eigenvalue weighted by molar-refractivity contribution is 0.00489. The molecule has 5 heteroatoms. The zero-order chi connectivity index (χ0) is 19.2. The summed E-state index contributed by atoms with van der Waals surface area (Å²) in [4.78, 5) is 7.83. The second kappa shape index (κ2) is 9.87. The fourth-order valence-electron chi connectivity index (χ4n) is 4.71. The summed E-state index contributed by atoms with van der Waals surface area (Å²) in [6, 6.07) is 5.73. The minimum Gasteiger partial charge on any atom is -0.465 e. The molecular weight excluding hydrogens is 338 g/mol. The van der Waals surface area contributed by atoms with Crippen LogP contribution >= 0.6 is 0 Å². The summed E-state index contributed by atoms with van der Waals surface area (Å²) in [5, 5.41) is 9.61. The molecule has 5 nitrogen and oxygen atoms in total. The number of piperidine rings is 1. The predicted octanol–water partition coefficient (Wildman–Crippen LogP) is 2.92. The lowest BCUT2D eigenvalue weighted by atomic mass is 9.97. The zero-order valence-electron chi connectivity index (χ0n) is 17.3. The van der Waals surface area contributed by atoms with Crippen LogP contribution in [0.15, 0.2) is 28.4 Å². The number of aliphatic hydroxyl groups excluding tert-OH is 1. The normalized spacial score (nSPS) is 24.8. The predicted molar refractivity (Wildman–Crippen MR) is 111 cm³/mol. The molecule has 2 fully saturated rings. The highest BCUT2D eigenvalue weighted by atomic mass is 16.3. The van der Waals surface area contributed by atoms with Crippen molar-refractivity contribution >= 4 is 6.08 Å². The average molecular weight is 376 g/mol. The molecule has 1 aromatic rings. The summed E-state index contributed by atoms with van der Waals surface area (Å²) in [5.74, 6) is 0.926. The third-order valence-electron chi connectivity index (χ3n) is 6.18. The van der Waals surface area contributed by atoms with Crippen LogP contribution in [0.3, 0.4) is 0 Å². The van der Waals surface area contributed by atoms with Crippen molar-refractivity contribution < 1.29 is 9.52 Å². The van der Waals surface area contributed by atoms with Gasteiger partial charge in [0.2, 0.25) is 0 Å². The molecule has 152 valence electrons. The molecule has 1 N–H and O–H groups in total. The molecule has 3 rings (SSSR count). The Morgan fingerprint density at radius 3 is 2.67 bits per heavy atom. The monoisotopic (exact) mass is 375 g/mol. The molecule has 0 radical (unpaired) electrons. The van der Waals surface area contributed by atoms with Gasteiger partial charge >= 0.3 is 0 Å². The van der Waals surface area contributed by atoms with Crippen molar-refractivity contribution in [1.82, 2.24) is 14.7 Å². The first kappa shape index (κ1) is 20.6. The topological polar surface area (TPSA) is 43.1 Å². The maximum atomic E-state index is 9.61. The molecule has 27 heavy (non-hydrogen) atoms. The van der Waals surface area contributed by atoms with E-state index in [0.717, 1.165) is 38.4 Å². The highest BCUT2D eigenvalue weighted by Gasteiger charge is 2.33. The van der Waals surface area contributed by atoms with E-state index in [9.17, 15) is 5.11 Å². The Morgan fingerprint density at radius 2 is 2.04 bits per heavy atom. The minimum absolute atomic E-state index is 0.279. The summed E-state index contributed by atoms with van der Waals surface area (Å²) in [5.41, 5.74) is 1.33. The van der Waals surface area contributed by atoms with Crippen LogP contribution < -0.4 is 0 Å². The van der Waals surface area contributed by atoms with E-state index in [0.29, 0.717) is 18.1 Å². The smallest absolute Gasteiger partial charge is 0.126 e. The molecule has 0 aromatic carbocycles. The van der Waals surface area contributed by atoms with Crippen molar-refractivity contribution in [3.05, 3.63) is 29.7 Å². The van der Waals surface area contributed by atoms with Gasteiger partial charge in [-0.25, -0.2) is 0 Å². The Morgan fingerprint density at radius 1 is 1.26 bits per heavy atom. The Kier molecular flexibility index (Phi) is 7.53. The van der Waals surface area contributed by atoms with Crippen LogP contribution in [0.25, 0.3) is 6.08 Å². The Hall–Kier alpha value is -1.14. The molecule has 0 spiro atoms. The van der Waals surface area contributed by atoms with Gasteiger partial charge in [0, 0.05) is 50.9 Å². The molecule has 2 aliphatic rings. The van der Waals surface area contributed by atoms with Crippen molar-refractivity contribution in [2.75, 3.05) is 45.9 Å². The van der Waals surface area contributed by atoms with E-state index in [4.69, 9.17) is 4.42 Å². The lowest BCUT2D eigenvalue weighted by Crippen LogP contribution is -2.59. The van der Waals surface area contributed by atoms with E-state index in [1.165, 1.54) is 31.5 Å². The highest BCUT2D eigenvalue weighted by Crippen LogP contribution is 2.24. The van der Waals surface area contributed by atoms with Crippen LogP contribution in [0, 0.1) is 0 Å². The average Bonchev–Trinajstić information content (AvgIpc) is 3.15. The van der Waals surface area contributed by atoms with E-state index >= 15 is 0 Å². The van der Waals surface area contributed by atoms with Crippen LogP contribution in [0.4, 0.5) is 0 Å². The summed E-state index contributed by atoms with van der Waals surface area (Å²) in [7, 11) is 0. The number of piperazine rings is 1. The fourth-order valence-corrected chi connectivity index (χ4v) is 4.71. The number of hydrogen-bond donors (Lipinski definition) is 1. The summed E-state index contributed by atoms with van der Waals surface area (Å²) in [6.07, 6.45) is 7.26. The molecule has 0 aliphatic carbocycles. The zero-order valence-corrected chi connectivity index (χ0v) is 17.3. The second-order valence-electron chi connectivity index (χ2n) is 8.51. The van der Waals surface area contributed by atoms with Gasteiger partial charge in [0.25, 0.3) is 0 Å². The van der Waals surface area contributed by atoms with E-state index < -0.39 is 0 Å². The number of nitrogens with zero attached hydrogens (tertiary/aromatic N) is 3. The first-order chi connectivity index (χ1) is 13.1. The van der Waals surface area contributed by atoms with Gasteiger partial charge in [-0.05, 0) is 71.3 Å². The van der Waals surface area contributed by atoms with Crippen molar-refractivity contribution in [3.63, 3.8) is 0 Å². The molecule has 0 amide bonds. The third kappa shape index (κ3) is 5.67. The number of furan rings is 1. The fraction of sp³-hybridized carbons (Fsp3) is 0.727. The molecule has 0 saturated carbocycles. The van der Waals surface area contributed by atoms with Crippen LogP contribution in [0.5, 0.6) is 0 Å². The molecule has 2 aliphatic heterocycles. The molecule has 0 unspecified atom stereocenters. The largest absolute Gasteiger partial charge is 0.465 e.